The van der Waals surface area contributed by atoms with Crippen molar-refractivity contribution in [1.29, 1.82) is 0 Å². The third-order valence-corrected chi connectivity index (χ3v) is 3.24. The Balaban J connectivity index is 1.70. The topological polar surface area (TPSA) is 79.4 Å². The number of aromatic nitrogens is 2. The standard InChI is InChI=1S/C14H23N5O2/c1-11-4-5-15-12(17-11)18-13(20)16-6-7-19-8-9-21-14(2,3)10-19/h4-5H,6-10H2,1-3H3,(H2,15,16,17,18,20). The number of hydrogen-bond acceptors (Lipinski definition) is 5. The Kier molecular flexibility index (Phi) is 5.08. The van der Waals surface area contributed by atoms with Gasteiger partial charge in [0.1, 0.15) is 0 Å². The zero-order valence-electron chi connectivity index (χ0n) is 12.8. The summed E-state index contributed by atoms with van der Waals surface area (Å²) in [5.74, 6) is 0.319. The molecule has 7 heteroatoms. The van der Waals surface area contributed by atoms with Gasteiger partial charge in [0.2, 0.25) is 5.95 Å². The van der Waals surface area contributed by atoms with Crippen LogP contribution in [0.25, 0.3) is 0 Å². The van der Waals surface area contributed by atoms with Crippen molar-refractivity contribution in [2.75, 3.05) is 38.1 Å². The van der Waals surface area contributed by atoms with E-state index in [4.69, 9.17) is 4.74 Å². The molecule has 0 bridgehead atoms. The Labute approximate surface area is 125 Å². The summed E-state index contributed by atoms with van der Waals surface area (Å²) < 4.78 is 5.66. The molecule has 2 N–H and O–H groups in total. The minimum Gasteiger partial charge on any atom is -0.373 e. The van der Waals surface area contributed by atoms with Crippen LogP contribution in [0.2, 0.25) is 0 Å². The smallest absolute Gasteiger partial charge is 0.321 e. The average Bonchev–Trinajstić information content (AvgIpc) is 2.37. The second-order valence-electron chi connectivity index (χ2n) is 5.79. The second kappa shape index (κ2) is 6.82. The molecule has 0 spiro atoms. The number of anilines is 1. The van der Waals surface area contributed by atoms with Crippen molar-refractivity contribution < 1.29 is 9.53 Å². The number of carbonyl (C=O) groups excluding carboxylic acids is 1. The van der Waals surface area contributed by atoms with E-state index in [1.54, 1.807) is 12.3 Å². The fourth-order valence-corrected chi connectivity index (χ4v) is 2.29. The van der Waals surface area contributed by atoms with E-state index < -0.39 is 0 Å². The molecule has 0 atom stereocenters. The van der Waals surface area contributed by atoms with E-state index in [-0.39, 0.29) is 11.6 Å². The van der Waals surface area contributed by atoms with Crippen molar-refractivity contribution in [2.24, 2.45) is 0 Å². The molecule has 1 saturated heterocycles. The van der Waals surface area contributed by atoms with E-state index in [1.807, 2.05) is 6.92 Å². The van der Waals surface area contributed by atoms with Crippen LogP contribution in [0.5, 0.6) is 0 Å². The van der Waals surface area contributed by atoms with Gasteiger partial charge in [0.25, 0.3) is 0 Å². The molecule has 2 amide bonds. The quantitative estimate of drug-likeness (QED) is 0.866. The highest BCUT2D eigenvalue weighted by Crippen LogP contribution is 2.15. The fourth-order valence-electron chi connectivity index (χ4n) is 2.29. The molecule has 0 unspecified atom stereocenters. The van der Waals surface area contributed by atoms with E-state index >= 15 is 0 Å². The van der Waals surface area contributed by atoms with Gasteiger partial charge in [-0.25, -0.2) is 14.8 Å². The number of aryl methyl sites for hydroxylation is 1. The first-order valence-electron chi connectivity index (χ1n) is 7.15. The molecule has 0 saturated carbocycles. The van der Waals surface area contributed by atoms with Crippen molar-refractivity contribution >= 4 is 12.0 Å². The van der Waals surface area contributed by atoms with Crippen LogP contribution < -0.4 is 10.6 Å². The summed E-state index contributed by atoms with van der Waals surface area (Å²) >= 11 is 0. The predicted molar refractivity (Wildman–Crippen MR) is 80.3 cm³/mol. The van der Waals surface area contributed by atoms with Gasteiger partial charge in [0.05, 0.1) is 12.2 Å². The lowest BCUT2D eigenvalue weighted by Gasteiger charge is -2.38. The summed E-state index contributed by atoms with van der Waals surface area (Å²) in [5.41, 5.74) is 0.700. The van der Waals surface area contributed by atoms with Gasteiger partial charge in [-0.2, -0.15) is 0 Å². The van der Waals surface area contributed by atoms with Crippen LogP contribution in [0.3, 0.4) is 0 Å². The maximum atomic E-state index is 11.7. The van der Waals surface area contributed by atoms with Gasteiger partial charge >= 0.3 is 6.03 Å². The van der Waals surface area contributed by atoms with Gasteiger partial charge < -0.3 is 10.1 Å². The Morgan fingerprint density at radius 3 is 3.05 bits per heavy atom. The number of nitrogens with zero attached hydrogens (tertiary/aromatic N) is 3. The van der Waals surface area contributed by atoms with Crippen LogP contribution in [-0.4, -0.2) is 59.3 Å². The average molecular weight is 293 g/mol. The van der Waals surface area contributed by atoms with Crippen molar-refractivity contribution in [3.63, 3.8) is 0 Å². The summed E-state index contributed by atoms with van der Waals surface area (Å²) in [7, 11) is 0. The highest BCUT2D eigenvalue weighted by molar-refractivity contribution is 5.87. The minimum absolute atomic E-state index is 0.115. The molecule has 1 aliphatic heterocycles. The summed E-state index contributed by atoms with van der Waals surface area (Å²) in [6, 6.07) is 1.50. The third-order valence-electron chi connectivity index (χ3n) is 3.24. The van der Waals surface area contributed by atoms with E-state index in [0.29, 0.717) is 12.5 Å². The van der Waals surface area contributed by atoms with Crippen molar-refractivity contribution in [3.8, 4) is 0 Å². The second-order valence-corrected chi connectivity index (χ2v) is 5.79. The van der Waals surface area contributed by atoms with Crippen LogP contribution in [0, 0.1) is 6.92 Å². The van der Waals surface area contributed by atoms with Crippen LogP contribution in [0.4, 0.5) is 10.7 Å². The summed E-state index contributed by atoms with van der Waals surface area (Å²) in [6.07, 6.45) is 1.62. The Morgan fingerprint density at radius 2 is 2.33 bits per heavy atom. The van der Waals surface area contributed by atoms with Crippen molar-refractivity contribution in [1.82, 2.24) is 20.2 Å². The number of amides is 2. The number of urea groups is 1. The fraction of sp³-hybridized carbons (Fsp3) is 0.643. The van der Waals surface area contributed by atoms with Gasteiger partial charge in [-0.15, -0.1) is 0 Å². The SMILES string of the molecule is Cc1ccnc(NC(=O)NCCN2CCOC(C)(C)C2)n1. The van der Waals surface area contributed by atoms with Crippen LogP contribution in [0.1, 0.15) is 19.5 Å². The zero-order chi connectivity index (χ0) is 15.3. The molecule has 0 radical (unpaired) electrons. The van der Waals surface area contributed by atoms with E-state index in [0.717, 1.165) is 31.9 Å². The van der Waals surface area contributed by atoms with Crippen molar-refractivity contribution in [3.05, 3.63) is 18.0 Å². The summed E-state index contributed by atoms with van der Waals surface area (Å²) in [6.45, 7) is 9.89. The lowest BCUT2D eigenvalue weighted by molar-refractivity contribution is -0.0852. The molecule has 0 aromatic carbocycles. The molecule has 1 aromatic heterocycles. The van der Waals surface area contributed by atoms with Gasteiger partial charge in [0.15, 0.2) is 0 Å². The number of hydrogen-bond donors (Lipinski definition) is 2. The molecule has 7 nitrogen and oxygen atoms in total. The number of nitrogens with one attached hydrogen (secondary N) is 2. The molecule has 1 aromatic rings. The first-order chi connectivity index (χ1) is 9.94. The van der Waals surface area contributed by atoms with Gasteiger partial charge in [-0.1, -0.05) is 0 Å². The van der Waals surface area contributed by atoms with Crippen LogP contribution >= 0.6 is 0 Å². The molecule has 2 rings (SSSR count). The molecule has 1 fully saturated rings. The monoisotopic (exact) mass is 293 g/mol. The molecule has 116 valence electrons. The largest absolute Gasteiger partial charge is 0.373 e. The van der Waals surface area contributed by atoms with Gasteiger partial charge in [-0.3, -0.25) is 10.2 Å². The summed E-state index contributed by atoms with van der Waals surface area (Å²) in [5, 5.41) is 5.43. The first-order valence-corrected chi connectivity index (χ1v) is 7.15. The number of carbonyl (C=O) groups is 1. The third kappa shape index (κ3) is 5.28. The van der Waals surface area contributed by atoms with Gasteiger partial charge in [0, 0.05) is 38.1 Å². The lowest BCUT2D eigenvalue weighted by Crippen LogP contribution is -2.50. The van der Waals surface area contributed by atoms with Gasteiger partial charge in [-0.05, 0) is 26.8 Å². The number of ether oxygens (including phenoxy) is 1. The van der Waals surface area contributed by atoms with E-state index in [2.05, 4.69) is 39.3 Å². The highest BCUT2D eigenvalue weighted by atomic mass is 16.5. The lowest BCUT2D eigenvalue weighted by atomic mass is 10.1. The molecule has 21 heavy (non-hydrogen) atoms. The molecular formula is C14H23N5O2. The highest BCUT2D eigenvalue weighted by Gasteiger charge is 2.26. The normalized spacial score (nSPS) is 18.2. The molecule has 0 aliphatic carbocycles. The Hall–Kier alpha value is -1.73. The Bertz CT molecular complexity index is 492. The first kappa shape index (κ1) is 15.7. The molecular weight excluding hydrogens is 270 g/mol. The predicted octanol–water partition coefficient (Wildman–Crippen LogP) is 1.02. The van der Waals surface area contributed by atoms with Crippen LogP contribution in [0.15, 0.2) is 12.3 Å². The van der Waals surface area contributed by atoms with Crippen LogP contribution in [-0.2, 0) is 4.74 Å². The minimum atomic E-state index is -0.284. The maximum absolute atomic E-state index is 11.7. The number of morpholine rings is 1. The molecule has 1 aliphatic rings. The molecule has 2 heterocycles. The Morgan fingerprint density at radius 1 is 1.52 bits per heavy atom. The van der Waals surface area contributed by atoms with Crippen molar-refractivity contribution in [2.45, 2.75) is 26.4 Å². The van der Waals surface area contributed by atoms with E-state index in [1.165, 1.54) is 0 Å². The summed E-state index contributed by atoms with van der Waals surface area (Å²) in [4.78, 5) is 22.1. The maximum Gasteiger partial charge on any atom is 0.321 e. The zero-order valence-corrected chi connectivity index (χ0v) is 12.8. The number of rotatable bonds is 4. The van der Waals surface area contributed by atoms with E-state index in [9.17, 15) is 4.79 Å².